The molecule has 2 aromatic heterocycles. The summed E-state index contributed by atoms with van der Waals surface area (Å²) < 4.78 is 42.8. The number of benzene rings is 1. The molecule has 3 aromatic rings. The second-order valence-electron chi connectivity index (χ2n) is 6.55. The fourth-order valence-electron chi connectivity index (χ4n) is 2.93. The summed E-state index contributed by atoms with van der Waals surface area (Å²) >= 11 is 0.714. The Hall–Kier alpha value is -3.36. The topological polar surface area (TPSA) is 118 Å². The molecule has 0 aliphatic carbocycles. The van der Waals surface area contributed by atoms with E-state index in [0.29, 0.717) is 22.8 Å². The number of nitriles is 1. The zero-order valence-electron chi connectivity index (χ0n) is 16.9. The maximum absolute atomic E-state index is 13.6. The highest BCUT2D eigenvalue weighted by molar-refractivity contribution is 7.91. The number of aromatic nitrogens is 3. The highest BCUT2D eigenvalue weighted by Crippen LogP contribution is 2.24. The highest BCUT2D eigenvalue weighted by atomic mass is 32.2. The summed E-state index contributed by atoms with van der Waals surface area (Å²) in [6, 6.07) is 9.72. The van der Waals surface area contributed by atoms with Gasteiger partial charge in [0.25, 0.3) is 11.1 Å². The lowest BCUT2D eigenvalue weighted by Gasteiger charge is -2.09. The zero-order valence-corrected chi connectivity index (χ0v) is 18.5. The van der Waals surface area contributed by atoms with Gasteiger partial charge in [0.1, 0.15) is 17.5 Å². The molecule has 1 amide bonds. The molecule has 1 aromatic carbocycles. The van der Waals surface area contributed by atoms with Crippen molar-refractivity contribution in [3.8, 4) is 11.8 Å². The summed E-state index contributed by atoms with van der Waals surface area (Å²) in [5.74, 6) is -1.28. The lowest BCUT2D eigenvalue weighted by Crippen LogP contribution is -2.14. The van der Waals surface area contributed by atoms with Gasteiger partial charge in [0.2, 0.25) is 15.0 Å². The summed E-state index contributed by atoms with van der Waals surface area (Å²) in [6.45, 7) is 5.09. The molecule has 0 saturated heterocycles. The molecule has 0 unspecified atom stereocenters. The minimum atomic E-state index is -3.60. The molecule has 0 aliphatic rings. The second-order valence-corrected chi connectivity index (χ2v) is 9.48. The minimum absolute atomic E-state index is 0.0246. The van der Waals surface area contributed by atoms with Gasteiger partial charge in [-0.25, -0.2) is 12.8 Å². The standard InChI is InChI=1S/C20H18FN5O3S2/c1-4-31(28,29)20-24-19(30-25-20)23-18(27)15(11-22)9-14-8-12(2)26(13(14)3)17-7-5-6-16(21)10-17/h5-10H,4H2,1-3H3,(H,23,24,25,27). The van der Waals surface area contributed by atoms with Crippen molar-refractivity contribution < 1.29 is 17.6 Å². The van der Waals surface area contributed by atoms with Gasteiger partial charge in [0, 0.05) is 28.6 Å². The third-order valence-electron chi connectivity index (χ3n) is 4.49. The molecule has 0 fully saturated rings. The van der Waals surface area contributed by atoms with Crippen LogP contribution in [0, 0.1) is 31.0 Å². The Morgan fingerprint density at radius 3 is 2.74 bits per heavy atom. The largest absolute Gasteiger partial charge is 0.318 e. The first-order valence-electron chi connectivity index (χ1n) is 9.10. The number of carbonyl (C=O) groups excluding carboxylic acids is 1. The molecule has 11 heteroatoms. The van der Waals surface area contributed by atoms with E-state index in [-0.39, 0.29) is 27.4 Å². The van der Waals surface area contributed by atoms with Crippen LogP contribution in [-0.4, -0.2) is 34.0 Å². The smallest absolute Gasteiger partial charge is 0.268 e. The molecular weight excluding hydrogens is 441 g/mol. The Labute approximate surface area is 182 Å². The number of sulfone groups is 1. The van der Waals surface area contributed by atoms with E-state index >= 15 is 0 Å². The first-order valence-corrected chi connectivity index (χ1v) is 11.5. The highest BCUT2D eigenvalue weighted by Gasteiger charge is 2.20. The molecule has 31 heavy (non-hydrogen) atoms. The van der Waals surface area contributed by atoms with Crippen LogP contribution in [0.1, 0.15) is 23.9 Å². The van der Waals surface area contributed by atoms with Crippen LogP contribution in [0.3, 0.4) is 0 Å². The fraction of sp³-hybridized carbons (Fsp3) is 0.200. The molecule has 0 atom stereocenters. The maximum Gasteiger partial charge on any atom is 0.268 e. The summed E-state index contributed by atoms with van der Waals surface area (Å²) in [5.41, 5.74) is 2.55. The second kappa shape index (κ2) is 8.79. The predicted molar refractivity (Wildman–Crippen MR) is 115 cm³/mol. The number of amides is 1. The molecular formula is C20H18FN5O3S2. The SMILES string of the molecule is CCS(=O)(=O)c1nsc(NC(=O)C(C#N)=Cc2cc(C)n(-c3cccc(F)c3)c2C)n1. The number of nitrogens with zero attached hydrogens (tertiary/aromatic N) is 4. The van der Waals surface area contributed by atoms with Gasteiger partial charge in [-0.1, -0.05) is 13.0 Å². The lowest BCUT2D eigenvalue weighted by molar-refractivity contribution is -0.112. The van der Waals surface area contributed by atoms with Gasteiger partial charge in [-0.05, 0) is 49.8 Å². The average molecular weight is 460 g/mol. The number of aryl methyl sites for hydroxylation is 1. The quantitative estimate of drug-likeness (QED) is 0.446. The van der Waals surface area contributed by atoms with Crippen molar-refractivity contribution >= 4 is 38.5 Å². The van der Waals surface area contributed by atoms with Crippen molar-refractivity contribution in [2.24, 2.45) is 0 Å². The Bertz CT molecular complexity index is 1330. The molecule has 8 nitrogen and oxygen atoms in total. The maximum atomic E-state index is 13.6. The first-order chi connectivity index (χ1) is 14.7. The number of carbonyl (C=O) groups is 1. The number of hydrogen-bond acceptors (Lipinski definition) is 7. The van der Waals surface area contributed by atoms with Crippen molar-refractivity contribution in [3.05, 3.63) is 58.7 Å². The van der Waals surface area contributed by atoms with E-state index in [1.807, 2.05) is 17.6 Å². The van der Waals surface area contributed by atoms with Crippen LogP contribution in [0.15, 0.2) is 41.1 Å². The Balaban J connectivity index is 1.90. The molecule has 160 valence electrons. The van der Waals surface area contributed by atoms with Crippen LogP contribution in [0.4, 0.5) is 9.52 Å². The molecule has 0 aliphatic heterocycles. The number of anilines is 1. The Kier molecular flexibility index (Phi) is 6.33. The molecule has 0 radical (unpaired) electrons. The number of halogens is 1. The lowest BCUT2D eigenvalue weighted by atomic mass is 10.1. The molecule has 3 rings (SSSR count). The zero-order chi connectivity index (χ0) is 22.8. The van der Waals surface area contributed by atoms with Gasteiger partial charge < -0.3 is 4.57 Å². The third-order valence-corrected chi connectivity index (χ3v) is 6.73. The van der Waals surface area contributed by atoms with E-state index in [9.17, 15) is 22.9 Å². The third kappa shape index (κ3) is 4.70. The minimum Gasteiger partial charge on any atom is -0.318 e. The van der Waals surface area contributed by atoms with Crippen LogP contribution in [0.5, 0.6) is 0 Å². The summed E-state index contributed by atoms with van der Waals surface area (Å²) in [5, 5.41) is 11.5. The normalized spacial score (nSPS) is 11.9. The Morgan fingerprint density at radius 2 is 2.10 bits per heavy atom. The van der Waals surface area contributed by atoms with E-state index < -0.39 is 15.7 Å². The van der Waals surface area contributed by atoms with Crippen molar-refractivity contribution in [2.75, 3.05) is 11.1 Å². The summed E-state index contributed by atoms with van der Waals surface area (Å²) in [6.07, 6.45) is 1.41. The fourth-order valence-corrected chi connectivity index (χ4v) is 4.51. The molecule has 1 N–H and O–H groups in total. The number of rotatable bonds is 6. The van der Waals surface area contributed by atoms with E-state index in [2.05, 4.69) is 14.7 Å². The van der Waals surface area contributed by atoms with Crippen LogP contribution >= 0.6 is 11.5 Å². The van der Waals surface area contributed by atoms with Crippen molar-refractivity contribution in [1.82, 2.24) is 13.9 Å². The van der Waals surface area contributed by atoms with E-state index in [1.165, 1.54) is 25.1 Å². The average Bonchev–Trinajstić information content (AvgIpc) is 3.30. The van der Waals surface area contributed by atoms with Crippen molar-refractivity contribution in [1.29, 1.82) is 5.26 Å². The van der Waals surface area contributed by atoms with Crippen molar-refractivity contribution in [3.63, 3.8) is 0 Å². The van der Waals surface area contributed by atoms with Gasteiger partial charge >= 0.3 is 0 Å². The van der Waals surface area contributed by atoms with E-state index in [1.54, 1.807) is 25.1 Å². The number of hydrogen-bond donors (Lipinski definition) is 1. The van der Waals surface area contributed by atoms with Crippen LogP contribution in [0.2, 0.25) is 0 Å². The Morgan fingerprint density at radius 1 is 1.35 bits per heavy atom. The monoisotopic (exact) mass is 459 g/mol. The van der Waals surface area contributed by atoms with Gasteiger partial charge in [-0.2, -0.15) is 14.6 Å². The predicted octanol–water partition coefficient (Wildman–Crippen LogP) is 3.42. The first kappa shape index (κ1) is 22.3. The number of nitrogens with one attached hydrogen (secondary N) is 1. The summed E-state index contributed by atoms with van der Waals surface area (Å²) in [4.78, 5) is 16.3. The molecule has 0 saturated carbocycles. The molecule has 0 spiro atoms. The van der Waals surface area contributed by atoms with Gasteiger partial charge in [0.05, 0.1) is 5.75 Å². The van der Waals surface area contributed by atoms with Gasteiger partial charge in [-0.3, -0.25) is 10.1 Å². The van der Waals surface area contributed by atoms with E-state index in [4.69, 9.17) is 0 Å². The van der Waals surface area contributed by atoms with Gasteiger partial charge in [-0.15, -0.1) is 0 Å². The molecule has 0 bridgehead atoms. The summed E-state index contributed by atoms with van der Waals surface area (Å²) in [7, 11) is -3.60. The van der Waals surface area contributed by atoms with Crippen molar-refractivity contribution in [2.45, 2.75) is 25.9 Å². The van der Waals surface area contributed by atoms with Crippen LogP contribution in [-0.2, 0) is 14.6 Å². The van der Waals surface area contributed by atoms with E-state index in [0.717, 1.165) is 11.4 Å². The molecule has 2 heterocycles. The van der Waals surface area contributed by atoms with Crippen LogP contribution in [0.25, 0.3) is 11.8 Å². The van der Waals surface area contributed by atoms with Crippen LogP contribution < -0.4 is 5.32 Å². The van der Waals surface area contributed by atoms with Gasteiger partial charge in [0.15, 0.2) is 0 Å².